The Morgan fingerprint density at radius 1 is 1.25 bits per heavy atom. The van der Waals surface area contributed by atoms with Gasteiger partial charge in [0.05, 0.1) is 52.9 Å². The van der Waals surface area contributed by atoms with E-state index in [9.17, 15) is 10.5 Å². The zero-order chi connectivity index (χ0) is 14.9. The Balaban J connectivity index is 2.43. The number of hydrogen-bond donors (Lipinski definition) is 4. The first-order valence-electron chi connectivity index (χ1n) is 6.82. The molecule has 2 rings (SSSR count). The first-order valence-corrected chi connectivity index (χ1v) is 7.26. The van der Waals surface area contributed by atoms with Gasteiger partial charge in [-0.25, -0.2) is 0 Å². The number of nitriles is 2. The molecule has 106 valence electrons. The van der Waals surface area contributed by atoms with Gasteiger partial charge in [0, 0.05) is 12.8 Å². The molecule has 2 heterocycles. The maximum Gasteiger partial charge on any atom is 0.116 e. The number of thiol groups is 1. The second-order valence-electron chi connectivity index (χ2n) is 5.76. The van der Waals surface area contributed by atoms with Crippen LogP contribution in [0.1, 0.15) is 26.7 Å². The fraction of sp³-hybridized carbons (Fsp3) is 0.571. The van der Waals surface area contributed by atoms with Gasteiger partial charge in [0.2, 0.25) is 0 Å². The maximum absolute atomic E-state index is 9.48. The average molecular weight is 290 g/mol. The van der Waals surface area contributed by atoms with Crippen molar-refractivity contribution in [3.05, 3.63) is 22.0 Å². The average Bonchev–Trinajstić information content (AvgIpc) is 2.39. The van der Waals surface area contributed by atoms with E-state index in [1.807, 2.05) is 0 Å². The number of nitrogens with one attached hydrogen (secondary N) is 2. The summed E-state index contributed by atoms with van der Waals surface area (Å²) >= 11 is 4.34. The van der Waals surface area contributed by atoms with E-state index in [1.165, 1.54) is 4.90 Å². The van der Waals surface area contributed by atoms with E-state index in [0.29, 0.717) is 28.0 Å². The summed E-state index contributed by atoms with van der Waals surface area (Å²) in [5.41, 5.74) is 6.44. The fourth-order valence-corrected chi connectivity index (χ4v) is 3.65. The second kappa shape index (κ2) is 5.40. The van der Waals surface area contributed by atoms with Crippen molar-refractivity contribution in [3.63, 3.8) is 0 Å². The SMILES string of the molecule is CC(C)[NH+]1CCC2(CC1)C(C#N)=C(N)NC(S)=C2C#N. The van der Waals surface area contributed by atoms with E-state index in [1.54, 1.807) is 0 Å². The van der Waals surface area contributed by atoms with Gasteiger partial charge < -0.3 is 16.0 Å². The highest BCUT2D eigenvalue weighted by Gasteiger charge is 2.48. The lowest BCUT2D eigenvalue weighted by molar-refractivity contribution is -0.928. The lowest BCUT2D eigenvalue weighted by Crippen LogP contribution is -3.16. The Kier molecular flexibility index (Phi) is 3.99. The lowest BCUT2D eigenvalue weighted by Gasteiger charge is -2.43. The molecule has 0 radical (unpaired) electrons. The van der Waals surface area contributed by atoms with Crippen molar-refractivity contribution in [1.29, 1.82) is 10.5 Å². The summed E-state index contributed by atoms with van der Waals surface area (Å²) in [7, 11) is 0. The molecule has 0 amide bonds. The molecule has 0 aliphatic carbocycles. The molecular formula is C14H20N5S+. The monoisotopic (exact) mass is 290 g/mol. The molecule has 2 aliphatic rings. The van der Waals surface area contributed by atoms with Gasteiger partial charge in [0.1, 0.15) is 5.82 Å². The zero-order valence-corrected chi connectivity index (χ0v) is 12.7. The smallest absolute Gasteiger partial charge is 0.116 e. The van der Waals surface area contributed by atoms with Gasteiger partial charge in [-0.1, -0.05) is 0 Å². The van der Waals surface area contributed by atoms with Gasteiger partial charge in [-0.3, -0.25) is 0 Å². The Morgan fingerprint density at radius 3 is 2.25 bits per heavy atom. The van der Waals surface area contributed by atoms with E-state index in [-0.39, 0.29) is 0 Å². The lowest BCUT2D eigenvalue weighted by atomic mass is 9.66. The van der Waals surface area contributed by atoms with Crippen molar-refractivity contribution < 1.29 is 4.90 Å². The van der Waals surface area contributed by atoms with Crippen molar-refractivity contribution in [3.8, 4) is 12.1 Å². The highest BCUT2D eigenvalue weighted by Crippen LogP contribution is 2.46. The van der Waals surface area contributed by atoms with Crippen LogP contribution in [0.25, 0.3) is 0 Å². The van der Waals surface area contributed by atoms with E-state index in [0.717, 1.165) is 25.9 Å². The minimum absolute atomic E-state index is 0.337. The third-order valence-corrected chi connectivity index (χ3v) is 4.84. The molecule has 0 unspecified atom stereocenters. The van der Waals surface area contributed by atoms with Crippen LogP contribution >= 0.6 is 12.6 Å². The molecule has 5 nitrogen and oxygen atoms in total. The van der Waals surface area contributed by atoms with Crippen molar-refractivity contribution in [1.82, 2.24) is 5.32 Å². The first kappa shape index (κ1) is 14.8. The van der Waals surface area contributed by atoms with E-state index >= 15 is 0 Å². The Bertz CT molecular complexity index is 515. The van der Waals surface area contributed by atoms with Crippen LogP contribution in [0.4, 0.5) is 0 Å². The topological polar surface area (TPSA) is 90.1 Å². The molecule has 0 atom stereocenters. The predicted octanol–water partition coefficient (Wildman–Crippen LogP) is 0.0220. The quantitative estimate of drug-likeness (QED) is 0.513. The number of rotatable bonds is 1. The minimum atomic E-state index is -0.547. The highest BCUT2D eigenvalue weighted by atomic mass is 32.1. The van der Waals surface area contributed by atoms with E-state index < -0.39 is 5.41 Å². The zero-order valence-electron chi connectivity index (χ0n) is 11.8. The molecular weight excluding hydrogens is 270 g/mol. The van der Waals surface area contributed by atoms with Crippen molar-refractivity contribution in [2.24, 2.45) is 11.1 Å². The molecule has 0 saturated carbocycles. The highest BCUT2D eigenvalue weighted by molar-refractivity contribution is 7.84. The Labute approximate surface area is 125 Å². The Morgan fingerprint density at radius 2 is 1.80 bits per heavy atom. The largest absolute Gasteiger partial charge is 0.384 e. The van der Waals surface area contributed by atoms with Crippen molar-refractivity contribution in [2.45, 2.75) is 32.7 Å². The molecule has 0 aromatic carbocycles. The summed E-state index contributed by atoms with van der Waals surface area (Å²) in [6.45, 7) is 6.25. The molecule has 20 heavy (non-hydrogen) atoms. The van der Waals surface area contributed by atoms with Gasteiger partial charge in [0.25, 0.3) is 0 Å². The number of nitrogens with zero attached hydrogens (tertiary/aromatic N) is 2. The van der Waals surface area contributed by atoms with Crippen LogP contribution < -0.4 is 16.0 Å². The number of quaternary nitrogens is 1. The molecule has 1 fully saturated rings. The van der Waals surface area contributed by atoms with Gasteiger partial charge in [-0.2, -0.15) is 10.5 Å². The predicted molar refractivity (Wildman–Crippen MR) is 79.1 cm³/mol. The van der Waals surface area contributed by atoms with E-state index in [4.69, 9.17) is 5.73 Å². The maximum atomic E-state index is 9.48. The first-order chi connectivity index (χ1) is 9.46. The second-order valence-corrected chi connectivity index (χ2v) is 6.20. The van der Waals surface area contributed by atoms with Gasteiger partial charge in [0.15, 0.2) is 0 Å². The Hall–Kier alpha value is -1.63. The van der Waals surface area contributed by atoms with Crippen LogP contribution in [-0.4, -0.2) is 19.1 Å². The third-order valence-electron chi connectivity index (χ3n) is 4.50. The van der Waals surface area contributed by atoms with Crippen LogP contribution in [0, 0.1) is 28.1 Å². The van der Waals surface area contributed by atoms with Crippen LogP contribution in [0.3, 0.4) is 0 Å². The number of nitrogens with two attached hydrogens (primary N) is 1. The number of hydrogen-bond acceptors (Lipinski definition) is 5. The number of piperidine rings is 1. The molecule has 0 bridgehead atoms. The van der Waals surface area contributed by atoms with Crippen LogP contribution in [-0.2, 0) is 0 Å². The summed E-state index contributed by atoms with van der Waals surface area (Å²) < 4.78 is 0. The molecule has 1 spiro atoms. The van der Waals surface area contributed by atoms with Gasteiger partial charge in [-0.15, -0.1) is 12.6 Å². The molecule has 1 saturated heterocycles. The van der Waals surface area contributed by atoms with Crippen molar-refractivity contribution in [2.75, 3.05) is 13.1 Å². The normalized spacial score (nSPS) is 30.2. The van der Waals surface area contributed by atoms with Crippen molar-refractivity contribution >= 4 is 12.6 Å². The summed E-state index contributed by atoms with van der Waals surface area (Å²) in [5, 5.41) is 22.3. The number of dihydropyridines is 1. The molecule has 2 aliphatic heterocycles. The third kappa shape index (κ3) is 2.15. The fourth-order valence-electron chi connectivity index (χ4n) is 3.26. The van der Waals surface area contributed by atoms with Crippen LogP contribution in [0.2, 0.25) is 0 Å². The number of likely N-dealkylation sites (tertiary alicyclic amines) is 1. The molecule has 0 aromatic rings. The minimum Gasteiger partial charge on any atom is -0.384 e. The van der Waals surface area contributed by atoms with Crippen LogP contribution in [0.5, 0.6) is 0 Å². The molecule has 6 heteroatoms. The van der Waals surface area contributed by atoms with Gasteiger partial charge >= 0.3 is 0 Å². The van der Waals surface area contributed by atoms with E-state index in [2.05, 4.69) is 43.9 Å². The van der Waals surface area contributed by atoms with Gasteiger partial charge in [-0.05, 0) is 13.8 Å². The molecule has 4 N–H and O–H groups in total. The molecule has 0 aromatic heterocycles. The summed E-state index contributed by atoms with van der Waals surface area (Å²) in [4.78, 5) is 1.50. The van der Waals surface area contributed by atoms with Crippen LogP contribution in [0.15, 0.2) is 22.0 Å². The summed E-state index contributed by atoms with van der Waals surface area (Å²) in [6.07, 6.45) is 1.53. The standard InChI is InChI=1S/C14H19N5S/c1-9(2)19-5-3-14(4-6-19)10(7-15)12(17)18-13(20)11(14)8-16/h9,18,20H,3-6,17H2,1-2H3/p+1. The summed E-state index contributed by atoms with van der Waals surface area (Å²) in [5.74, 6) is 0.337. The number of allylic oxidation sites excluding steroid dienone is 2. The summed E-state index contributed by atoms with van der Waals surface area (Å²) in [6, 6.07) is 4.99.